The van der Waals surface area contributed by atoms with Gasteiger partial charge in [-0.2, -0.15) is 0 Å². The molecule has 0 spiro atoms. The first-order chi connectivity index (χ1) is 18.9. The number of ether oxygens (including phenoxy) is 2. The fourth-order valence-corrected chi connectivity index (χ4v) is 5.82. The van der Waals surface area contributed by atoms with Crippen molar-refractivity contribution in [3.05, 3.63) is 72.1 Å². The molecule has 1 aliphatic carbocycles. The number of fused-ring (bicyclic) bond motifs is 3. The molecule has 8 nitrogen and oxygen atoms in total. The van der Waals surface area contributed by atoms with Crippen LogP contribution in [0.4, 0.5) is 10.5 Å². The summed E-state index contributed by atoms with van der Waals surface area (Å²) in [7, 11) is 3.25. The molecule has 3 aromatic rings. The van der Waals surface area contributed by atoms with Crippen molar-refractivity contribution in [1.29, 1.82) is 0 Å². The minimum Gasteiger partial charge on any atom is -0.497 e. The van der Waals surface area contributed by atoms with E-state index in [0.717, 1.165) is 48.3 Å². The van der Waals surface area contributed by atoms with Crippen molar-refractivity contribution >= 4 is 17.6 Å². The summed E-state index contributed by atoms with van der Waals surface area (Å²) in [5, 5.41) is 3.19. The zero-order valence-electron chi connectivity index (χ0n) is 23.2. The van der Waals surface area contributed by atoms with Crippen LogP contribution in [0.2, 0.25) is 0 Å². The van der Waals surface area contributed by atoms with Gasteiger partial charge in [0.1, 0.15) is 24.1 Å². The number of hydrogen-bond donors (Lipinski definition) is 1. The molecule has 1 atom stereocenters. The van der Waals surface area contributed by atoms with Gasteiger partial charge >= 0.3 is 6.03 Å². The smallest absolute Gasteiger partial charge is 0.318 e. The van der Waals surface area contributed by atoms with E-state index in [1.54, 1.807) is 19.1 Å². The SMILES string of the molecule is COc1ccc(OC)c(C2c3cccn3-c3ccccc3N2C(=O)CN(C(=O)NC2CCCCC2)C(C)C)c1. The average molecular weight is 531 g/mol. The highest BCUT2D eigenvalue weighted by molar-refractivity contribution is 6.00. The molecule has 206 valence electrons. The van der Waals surface area contributed by atoms with Gasteiger partial charge in [0.05, 0.1) is 31.3 Å². The molecule has 5 rings (SSSR count). The van der Waals surface area contributed by atoms with Crippen molar-refractivity contribution in [3.8, 4) is 17.2 Å². The van der Waals surface area contributed by atoms with Crippen LogP contribution in [0.5, 0.6) is 11.5 Å². The van der Waals surface area contributed by atoms with Gasteiger partial charge < -0.3 is 24.3 Å². The highest BCUT2D eigenvalue weighted by Crippen LogP contribution is 2.45. The standard InChI is InChI=1S/C31H38N4O4/c1-21(2)34(31(37)32-22-11-6-5-7-12-22)20-29(36)35-26-14-9-8-13-25(26)33-18-10-15-27(33)30(35)24-19-23(38-3)16-17-28(24)39-4/h8-10,13-19,21-22,30H,5-7,11-12,20H2,1-4H3,(H,32,37). The number of rotatable bonds is 7. The second-order valence-corrected chi connectivity index (χ2v) is 10.6. The number of aromatic nitrogens is 1. The van der Waals surface area contributed by atoms with Gasteiger partial charge in [-0.3, -0.25) is 9.69 Å². The molecule has 1 N–H and O–H groups in total. The van der Waals surface area contributed by atoms with Crippen LogP contribution in [0.1, 0.15) is 63.3 Å². The van der Waals surface area contributed by atoms with Crippen LogP contribution in [-0.4, -0.2) is 54.3 Å². The Morgan fingerprint density at radius 2 is 1.72 bits per heavy atom. The Kier molecular flexibility index (Phi) is 7.82. The van der Waals surface area contributed by atoms with E-state index in [1.165, 1.54) is 6.42 Å². The first-order valence-corrected chi connectivity index (χ1v) is 13.8. The van der Waals surface area contributed by atoms with Crippen molar-refractivity contribution < 1.29 is 19.1 Å². The van der Waals surface area contributed by atoms with Crippen molar-refractivity contribution in [2.24, 2.45) is 0 Å². The second kappa shape index (κ2) is 11.4. The first kappa shape index (κ1) is 26.7. The van der Waals surface area contributed by atoms with Crippen LogP contribution >= 0.6 is 0 Å². The van der Waals surface area contributed by atoms with Gasteiger partial charge in [-0.25, -0.2) is 4.79 Å². The van der Waals surface area contributed by atoms with E-state index in [-0.39, 0.29) is 30.6 Å². The van der Waals surface area contributed by atoms with Crippen molar-refractivity contribution in [2.75, 3.05) is 25.7 Å². The fourth-order valence-electron chi connectivity index (χ4n) is 5.82. The minimum absolute atomic E-state index is 0.0476. The highest BCUT2D eigenvalue weighted by Gasteiger charge is 2.39. The van der Waals surface area contributed by atoms with Crippen LogP contribution in [0.25, 0.3) is 5.69 Å². The minimum atomic E-state index is -0.483. The zero-order chi connectivity index (χ0) is 27.5. The van der Waals surface area contributed by atoms with E-state index in [4.69, 9.17) is 9.47 Å². The zero-order valence-corrected chi connectivity index (χ0v) is 23.2. The number of carbonyl (C=O) groups is 2. The maximum atomic E-state index is 14.4. The van der Waals surface area contributed by atoms with Gasteiger partial charge in [-0.1, -0.05) is 31.4 Å². The van der Waals surface area contributed by atoms with Crippen LogP contribution < -0.4 is 19.7 Å². The Labute approximate surface area is 230 Å². The number of amides is 3. The molecular formula is C31H38N4O4. The largest absolute Gasteiger partial charge is 0.497 e. The van der Waals surface area contributed by atoms with Gasteiger partial charge in [0.15, 0.2) is 0 Å². The number of carbonyl (C=O) groups excluding carboxylic acids is 2. The molecule has 8 heteroatoms. The van der Waals surface area contributed by atoms with E-state index in [1.807, 2.05) is 79.5 Å². The third kappa shape index (κ3) is 5.20. The molecule has 0 saturated heterocycles. The van der Waals surface area contributed by atoms with E-state index in [9.17, 15) is 9.59 Å². The van der Waals surface area contributed by atoms with E-state index in [0.29, 0.717) is 11.5 Å². The summed E-state index contributed by atoms with van der Waals surface area (Å²) in [6, 6.07) is 16.9. The molecule has 1 aliphatic heterocycles. The van der Waals surface area contributed by atoms with E-state index in [2.05, 4.69) is 9.88 Å². The lowest BCUT2D eigenvalue weighted by Crippen LogP contribution is -2.53. The predicted octanol–water partition coefficient (Wildman–Crippen LogP) is 5.68. The number of para-hydroxylation sites is 2. The molecule has 0 radical (unpaired) electrons. The van der Waals surface area contributed by atoms with Gasteiger partial charge in [-0.05, 0) is 69.2 Å². The number of hydrogen-bond acceptors (Lipinski definition) is 4. The fraction of sp³-hybridized carbons (Fsp3) is 0.419. The van der Waals surface area contributed by atoms with E-state index >= 15 is 0 Å². The maximum Gasteiger partial charge on any atom is 0.318 e. The third-order valence-corrected chi connectivity index (χ3v) is 7.84. The summed E-state index contributed by atoms with van der Waals surface area (Å²) in [5.74, 6) is 1.16. The summed E-state index contributed by atoms with van der Waals surface area (Å²) in [4.78, 5) is 31.2. The Morgan fingerprint density at radius 3 is 2.41 bits per heavy atom. The quantitative estimate of drug-likeness (QED) is 0.426. The molecule has 1 aromatic heterocycles. The monoisotopic (exact) mass is 530 g/mol. The number of anilines is 1. The Bertz CT molecular complexity index is 1330. The summed E-state index contributed by atoms with van der Waals surface area (Å²) in [5.41, 5.74) is 3.42. The topological polar surface area (TPSA) is 76.0 Å². The van der Waals surface area contributed by atoms with Crippen molar-refractivity contribution in [2.45, 2.75) is 64.1 Å². The van der Waals surface area contributed by atoms with Crippen molar-refractivity contribution in [1.82, 2.24) is 14.8 Å². The summed E-state index contributed by atoms with van der Waals surface area (Å²) < 4.78 is 13.4. The lowest BCUT2D eigenvalue weighted by Gasteiger charge is -2.40. The molecule has 1 unspecified atom stereocenters. The Balaban J connectivity index is 1.55. The molecule has 2 aliphatic rings. The Morgan fingerprint density at radius 1 is 0.974 bits per heavy atom. The normalized spacial score (nSPS) is 16.8. The second-order valence-electron chi connectivity index (χ2n) is 10.6. The lowest BCUT2D eigenvalue weighted by molar-refractivity contribution is -0.120. The Hall–Kier alpha value is -3.94. The van der Waals surface area contributed by atoms with Crippen LogP contribution in [-0.2, 0) is 4.79 Å². The van der Waals surface area contributed by atoms with Crippen LogP contribution in [0.15, 0.2) is 60.8 Å². The molecule has 2 heterocycles. The number of nitrogens with zero attached hydrogens (tertiary/aromatic N) is 3. The average Bonchev–Trinajstić information content (AvgIpc) is 3.45. The number of nitrogens with one attached hydrogen (secondary N) is 1. The van der Waals surface area contributed by atoms with Crippen LogP contribution in [0.3, 0.4) is 0 Å². The summed E-state index contributed by atoms with van der Waals surface area (Å²) in [6.45, 7) is 3.85. The highest BCUT2D eigenvalue weighted by atomic mass is 16.5. The third-order valence-electron chi connectivity index (χ3n) is 7.84. The number of urea groups is 1. The molecular weight excluding hydrogens is 492 g/mol. The maximum absolute atomic E-state index is 14.4. The van der Waals surface area contributed by atoms with Gasteiger partial charge in [-0.15, -0.1) is 0 Å². The molecule has 1 saturated carbocycles. The molecule has 1 fully saturated rings. The first-order valence-electron chi connectivity index (χ1n) is 13.8. The lowest BCUT2D eigenvalue weighted by atomic mass is 9.95. The number of benzene rings is 2. The number of methoxy groups -OCH3 is 2. The van der Waals surface area contributed by atoms with Gasteiger partial charge in [0, 0.05) is 23.8 Å². The van der Waals surface area contributed by atoms with Crippen LogP contribution in [0, 0.1) is 0 Å². The van der Waals surface area contributed by atoms with Gasteiger partial charge in [0.2, 0.25) is 5.91 Å². The molecule has 2 aromatic carbocycles. The summed E-state index contributed by atoms with van der Waals surface area (Å²) in [6.07, 6.45) is 7.44. The predicted molar refractivity (Wildman–Crippen MR) is 152 cm³/mol. The molecule has 0 bridgehead atoms. The van der Waals surface area contributed by atoms with E-state index < -0.39 is 6.04 Å². The molecule has 39 heavy (non-hydrogen) atoms. The molecule has 3 amide bonds. The van der Waals surface area contributed by atoms with Crippen molar-refractivity contribution in [3.63, 3.8) is 0 Å². The van der Waals surface area contributed by atoms with Gasteiger partial charge in [0.25, 0.3) is 0 Å². The summed E-state index contributed by atoms with van der Waals surface area (Å²) >= 11 is 0.